The summed E-state index contributed by atoms with van der Waals surface area (Å²) in [7, 11) is -3.66. The van der Waals surface area contributed by atoms with Crippen molar-refractivity contribution >= 4 is 27.3 Å². The molecule has 0 spiro atoms. The van der Waals surface area contributed by atoms with Crippen LogP contribution in [0.4, 0.5) is 5.69 Å². The van der Waals surface area contributed by atoms with Crippen molar-refractivity contribution in [2.75, 3.05) is 4.72 Å². The van der Waals surface area contributed by atoms with E-state index in [1.165, 1.54) is 24.3 Å². The van der Waals surface area contributed by atoms with Gasteiger partial charge >= 0.3 is 0 Å². The third kappa shape index (κ3) is 3.19. The zero-order valence-electron chi connectivity index (χ0n) is 10.1. The maximum atomic E-state index is 12.1. The Hall–Kier alpha value is -1.72. The Labute approximate surface area is 116 Å². The van der Waals surface area contributed by atoms with E-state index in [1.54, 1.807) is 12.1 Å². The van der Waals surface area contributed by atoms with E-state index in [4.69, 9.17) is 11.6 Å². The Morgan fingerprint density at radius 1 is 1.16 bits per heavy atom. The van der Waals surface area contributed by atoms with E-state index in [9.17, 15) is 13.5 Å². The molecule has 2 aromatic rings. The Morgan fingerprint density at radius 3 is 2.53 bits per heavy atom. The molecule has 0 atom stereocenters. The van der Waals surface area contributed by atoms with Crippen LogP contribution >= 0.6 is 11.6 Å². The van der Waals surface area contributed by atoms with Gasteiger partial charge in [-0.15, -0.1) is 0 Å². The van der Waals surface area contributed by atoms with Crippen molar-refractivity contribution in [3.63, 3.8) is 0 Å². The van der Waals surface area contributed by atoms with Crippen LogP contribution in [0.2, 0.25) is 5.02 Å². The number of sulfonamides is 1. The van der Waals surface area contributed by atoms with Crippen molar-refractivity contribution in [1.82, 2.24) is 0 Å². The first-order valence-corrected chi connectivity index (χ1v) is 7.32. The highest BCUT2D eigenvalue weighted by Crippen LogP contribution is 2.27. The fourth-order valence-corrected chi connectivity index (χ4v) is 2.90. The summed E-state index contributed by atoms with van der Waals surface area (Å²) in [5.41, 5.74) is 1.15. The molecule has 2 N–H and O–H groups in total. The first-order valence-electron chi connectivity index (χ1n) is 5.46. The van der Waals surface area contributed by atoms with Gasteiger partial charge in [-0.05, 0) is 42.8 Å². The lowest BCUT2D eigenvalue weighted by Crippen LogP contribution is -2.12. The minimum Gasteiger partial charge on any atom is -0.506 e. The van der Waals surface area contributed by atoms with Crippen LogP contribution in [0.5, 0.6) is 5.75 Å². The van der Waals surface area contributed by atoms with Crippen molar-refractivity contribution in [2.24, 2.45) is 0 Å². The molecule has 0 fully saturated rings. The van der Waals surface area contributed by atoms with Crippen LogP contribution in [-0.2, 0) is 10.0 Å². The smallest absolute Gasteiger partial charge is 0.261 e. The predicted octanol–water partition coefficient (Wildman–Crippen LogP) is 3.15. The van der Waals surface area contributed by atoms with Crippen LogP contribution in [-0.4, -0.2) is 13.5 Å². The number of hydrogen-bond acceptors (Lipinski definition) is 3. The SMILES string of the molecule is Cc1cccc(S(=O)(=O)Nc2ccc(O)c(Cl)c2)c1. The van der Waals surface area contributed by atoms with E-state index in [-0.39, 0.29) is 15.7 Å². The van der Waals surface area contributed by atoms with Gasteiger partial charge in [0.15, 0.2) is 0 Å². The number of rotatable bonds is 3. The van der Waals surface area contributed by atoms with E-state index in [0.717, 1.165) is 5.56 Å². The summed E-state index contributed by atoms with van der Waals surface area (Å²) in [4.78, 5) is 0.177. The zero-order chi connectivity index (χ0) is 14.0. The molecule has 0 aromatic heterocycles. The molecule has 0 saturated carbocycles. The first-order chi connectivity index (χ1) is 8.88. The van der Waals surface area contributed by atoms with Gasteiger partial charge in [0.2, 0.25) is 0 Å². The number of nitrogens with one attached hydrogen (secondary N) is 1. The molecule has 19 heavy (non-hydrogen) atoms. The number of phenols is 1. The van der Waals surface area contributed by atoms with Crippen molar-refractivity contribution in [1.29, 1.82) is 0 Å². The molecule has 0 radical (unpaired) electrons. The van der Waals surface area contributed by atoms with Crippen molar-refractivity contribution < 1.29 is 13.5 Å². The van der Waals surface area contributed by atoms with Gasteiger partial charge < -0.3 is 5.11 Å². The second kappa shape index (κ2) is 5.11. The average Bonchev–Trinajstić information content (AvgIpc) is 2.33. The van der Waals surface area contributed by atoms with Gasteiger partial charge in [0, 0.05) is 0 Å². The van der Waals surface area contributed by atoms with Gasteiger partial charge in [0.25, 0.3) is 10.0 Å². The Morgan fingerprint density at radius 2 is 1.89 bits per heavy atom. The standard InChI is InChI=1S/C13H12ClNO3S/c1-9-3-2-4-11(7-9)19(17,18)15-10-5-6-13(16)12(14)8-10/h2-8,15-16H,1H3. The molecule has 100 valence electrons. The Kier molecular flexibility index (Phi) is 3.68. The summed E-state index contributed by atoms with van der Waals surface area (Å²) in [5.74, 6) is -0.0971. The first kappa shape index (κ1) is 13.7. The average molecular weight is 298 g/mol. The second-order valence-electron chi connectivity index (χ2n) is 4.09. The minimum absolute atomic E-state index is 0.0874. The Bertz CT molecular complexity index is 714. The Balaban J connectivity index is 2.33. The fourth-order valence-electron chi connectivity index (χ4n) is 1.57. The summed E-state index contributed by atoms with van der Waals surface area (Å²) in [6.45, 7) is 1.82. The lowest BCUT2D eigenvalue weighted by molar-refractivity contribution is 0.475. The number of phenolic OH excluding ortho intramolecular Hbond substituents is 1. The molecule has 4 nitrogen and oxygen atoms in total. The van der Waals surface area contributed by atoms with Crippen LogP contribution in [0.3, 0.4) is 0 Å². The van der Waals surface area contributed by atoms with Gasteiger partial charge in [0.05, 0.1) is 15.6 Å². The normalized spacial score (nSPS) is 11.3. The van der Waals surface area contributed by atoms with Gasteiger partial charge in [0.1, 0.15) is 5.75 Å². The summed E-state index contributed by atoms with van der Waals surface area (Å²) >= 11 is 5.73. The van der Waals surface area contributed by atoms with Crippen LogP contribution < -0.4 is 4.72 Å². The van der Waals surface area contributed by atoms with Crippen LogP contribution in [0, 0.1) is 6.92 Å². The predicted molar refractivity (Wildman–Crippen MR) is 75.1 cm³/mol. The molecule has 0 aliphatic heterocycles. The number of aromatic hydroxyl groups is 1. The van der Waals surface area contributed by atoms with Crippen LogP contribution in [0.15, 0.2) is 47.4 Å². The van der Waals surface area contributed by atoms with Crippen LogP contribution in [0.25, 0.3) is 0 Å². The number of halogens is 1. The highest BCUT2D eigenvalue weighted by atomic mass is 35.5. The molecule has 0 aliphatic carbocycles. The van der Waals surface area contributed by atoms with Gasteiger partial charge in [-0.25, -0.2) is 8.42 Å². The molecule has 0 aliphatic rings. The second-order valence-corrected chi connectivity index (χ2v) is 6.18. The minimum atomic E-state index is -3.66. The molecular weight excluding hydrogens is 286 g/mol. The molecule has 0 amide bonds. The van der Waals surface area contributed by atoms with E-state index < -0.39 is 10.0 Å². The number of anilines is 1. The lowest BCUT2D eigenvalue weighted by atomic mass is 10.2. The van der Waals surface area contributed by atoms with Crippen LogP contribution in [0.1, 0.15) is 5.56 Å². The lowest BCUT2D eigenvalue weighted by Gasteiger charge is -2.09. The van der Waals surface area contributed by atoms with Crippen molar-refractivity contribution in [3.05, 3.63) is 53.1 Å². The van der Waals surface area contributed by atoms with Gasteiger partial charge in [-0.2, -0.15) is 0 Å². The van der Waals surface area contributed by atoms with Crippen molar-refractivity contribution in [2.45, 2.75) is 11.8 Å². The van der Waals surface area contributed by atoms with Gasteiger partial charge in [-0.1, -0.05) is 23.7 Å². The topological polar surface area (TPSA) is 66.4 Å². The molecule has 0 bridgehead atoms. The number of aryl methyl sites for hydroxylation is 1. The summed E-state index contributed by atoms with van der Waals surface area (Å²) in [6.07, 6.45) is 0. The highest BCUT2D eigenvalue weighted by molar-refractivity contribution is 7.92. The molecule has 0 saturated heterocycles. The summed E-state index contributed by atoms with van der Waals surface area (Å²) < 4.78 is 26.7. The third-order valence-electron chi connectivity index (χ3n) is 2.50. The molecule has 2 aromatic carbocycles. The molecule has 0 heterocycles. The quantitative estimate of drug-likeness (QED) is 0.855. The molecular formula is C13H12ClNO3S. The molecule has 2 rings (SSSR count). The van der Waals surface area contributed by atoms with E-state index in [1.807, 2.05) is 13.0 Å². The van der Waals surface area contributed by atoms with Crippen molar-refractivity contribution in [3.8, 4) is 5.75 Å². The summed E-state index contributed by atoms with van der Waals surface area (Å²) in [6, 6.07) is 10.7. The maximum absolute atomic E-state index is 12.1. The van der Waals surface area contributed by atoms with E-state index in [0.29, 0.717) is 5.69 Å². The third-order valence-corrected chi connectivity index (χ3v) is 4.18. The zero-order valence-corrected chi connectivity index (χ0v) is 11.7. The fraction of sp³-hybridized carbons (Fsp3) is 0.0769. The van der Waals surface area contributed by atoms with Gasteiger partial charge in [-0.3, -0.25) is 4.72 Å². The number of benzene rings is 2. The van der Waals surface area contributed by atoms with E-state index in [2.05, 4.69) is 4.72 Å². The molecule has 6 heteroatoms. The maximum Gasteiger partial charge on any atom is 0.261 e. The largest absolute Gasteiger partial charge is 0.506 e. The van der Waals surface area contributed by atoms with E-state index >= 15 is 0 Å². The highest BCUT2D eigenvalue weighted by Gasteiger charge is 2.14. The monoisotopic (exact) mass is 297 g/mol. The summed E-state index contributed by atoms with van der Waals surface area (Å²) in [5, 5.41) is 9.37. The molecule has 0 unspecified atom stereocenters. The number of hydrogen-bond donors (Lipinski definition) is 2.